The normalized spacial score (nSPS) is 12.3. The number of carbonyl (C=O) groups excluding carboxylic acids is 1. The summed E-state index contributed by atoms with van der Waals surface area (Å²) in [6, 6.07) is 3.25. The third kappa shape index (κ3) is 3.29. The lowest BCUT2D eigenvalue weighted by molar-refractivity contribution is -0.132. The molecule has 0 aliphatic carbocycles. The Balaban J connectivity index is 2.12. The molecule has 1 amide bonds. The van der Waals surface area contributed by atoms with Crippen molar-refractivity contribution in [1.82, 2.24) is 19.7 Å². The topological polar surface area (TPSA) is 51.0 Å². The number of aromatic nitrogens is 3. The molecule has 0 saturated heterocycles. The number of benzene rings is 1. The first-order valence-electron chi connectivity index (χ1n) is 6.88. The summed E-state index contributed by atoms with van der Waals surface area (Å²) in [7, 11) is 1.62. The molecule has 1 aromatic carbocycles. The summed E-state index contributed by atoms with van der Waals surface area (Å²) in [5.41, 5.74) is 0.529. The molecule has 2 aromatic rings. The van der Waals surface area contributed by atoms with Crippen LogP contribution in [0.15, 0.2) is 18.2 Å². The fraction of sp³-hybridized carbons (Fsp3) is 0.400. The summed E-state index contributed by atoms with van der Waals surface area (Å²) in [6.07, 6.45) is 0. The number of amides is 1. The average Bonchev–Trinajstić information content (AvgIpc) is 2.78. The summed E-state index contributed by atoms with van der Waals surface area (Å²) in [5, 5.41) is 4.14. The first-order chi connectivity index (χ1) is 10.3. The minimum Gasteiger partial charge on any atom is -0.337 e. The smallest absolute Gasteiger partial charge is 0.244 e. The largest absolute Gasteiger partial charge is 0.337 e. The van der Waals surface area contributed by atoms with Crippen LogP contribution in [0.3, 0.4) is 0 Å². The minimum absolute atomic E-state index is 0.0528. The molecule has 2 rings (SSSR count). The van der Waals surface area contributed by atoms with Gasteiger partial charge in [0.2, 0.25) is 5.91 Å². The van der Waals surface area contributed by atoms with Gasteiger partial charge in [0.25, 0.3) is 0 Å². The van der Waals surface area contributed by atoms with E-state index in [1.807, 2.05) is 0 Å². The Morgan fingerprint density at radius 2 is 2.00 bits per heavy atom. The van der Waals surface area contributed by atoms with Crippen LogP contribution in [0.2, 0.25) is 0 Å². The van der Waals surface area contributed by atoms with Gasteiger partial charge in [-0.15, -0.1) is 0 Å². The van der Waals surface area contributed by atoms with Crippen molar-refractivity contribution in [3.8, 4) is 0 Å². The molecule has 0 spiro atoms. The van der Waals surface area contributed by atoms with E-state index in [1.54, 1.807) is 27.8 Å². The second-order valence-corrected chi connectivity index (χ2v) is 5.22. The van der Waals surface area contributed by atoms with Gasteiger partial charge in [0.05, 0.1) is 6.04 Å². The van der Waals surface area contributed by atoms with Gasteiger partial charge in [0, 0.05) is 7.05 Å². The van der Waals surface area contributed by atoms with E-state index in [-0.39, 0.29) is 18.5 Å². The first kappa shape index (κ1) is 16.1. The molecule has 22 heavy (non-hydrogen) atoms. The minimum atomic E-state index is -0.923. The standard InChI is InChI=1S/C15H18F2N4O/c1-9(12-5-6-13(16)14(17)7-12)20(4)15(22)8-21-11(3)18-10(2)19-21/h5-7,9H,8H2,1-4H3. The molecule has 5 nitrogen and oxygen atoms in total. The Kier molecular flexibility index (Phi) is 4.54. The molecular weight excluding hydrogens is 290 g/mol. The van der Waals surface area contributed by atoms with E-state index in [9.17, 15) is 13.6 Å². The fourth-order valence-electron chi connectivity index (χ4n) is 2.16. The summed E-state index contributed by atoms with van der Waals surface area (Å²) in [4.78, 5) is 17.9. The number of rotatable bonds is 4. The molecule has 7 heteroatoms. The lowest BCUT2D eigenvalue weighted by Gasteiger charge is -2.25. The van der Waals surface area contributed by atoms with E-state index in [1.165, 1.54) is 15.6 Å². The zero-order chi connectivity index (χ0) is 16.4. The third-order valence-electron chi connectivity index (χ3n) is 3.65. The monoisotopic (exact) mass is 308 g/mol. The fourth-order valence-corrected chi connectivity index (χ4v) is 2.16. The van der Waals surface area contributed by atoms with Gasteiger partial charge in [0.15, 0.2) is 11.6 Å². The second kappa shape index (κ2) is 6.21. The van der Waals surface area contributed by atoms with E-state index >= 15 is 0 Å². The summed E-state index contributed by atoms with van der Waals surface area (Å²) >= 11 is 0. The van der Waals surface area contributed by atoms with Gasteiger partial charge in [-0.3, -0.25) is 4.79 Å². The lowest BCUT2D eigenvalue weighted by atomic mass is 10.1. The molecule has 0 fully saturated rings. The zero-order valence-corrected chi connectivity index (χ0v) is 13.0. The highest BCUT2D eigenvalue weighted by atomic mass is 19.2. The molecule has 1 unspecified atom stereocenters. The summed E-state index contributed by atoms with van der Waals surface area (Å²) < 4.78 is 27.8. The van der Waals surface area contributed by atoms with E-state index in [0.717, 1.165) is 12.1 Å². The Morgan fingerprint density at radius 1 is 1.32 bits per heavy atom. The van der Waals surface area contributed by atoms with Crippen LogP contribution in [0.1, 0.15) is 30.2 Å². The lowest BCUT2D eigenvalue weighted by Crippen LogP contribution is -2.33. The van der Waals surface area contributed by atoms with Crippen molar-refractivity contribution in [2.75, 3.05) is 7.05 Å². The van der Waals surface area contributed by atoms with Gasteiger partial charge in [-0.2, -0.15) is 5.10 Å². The number of hydrogen-bond donors (Lipinski definition) is 0. The predicted octanol–water partition coefficient (Wildman–Crippen LogP) is 2.39. The maximum Gasteiger partial charge on any atom is 0.244 e. The van der Waals surface area contributed by atoms with Crippen molar-refractivity contribution >= 4 is 5.91 Å². The maximum atomic E-state index is 13.3. The van der Waals surface area contributed by atoms with Crippen LogP contribution in [0, 0.1) is 25.5 Å². The van der Waals surface area contributed by atoms with Crippen LogP contribution in [0.5, 0.6) is 0 Å². The molecule has 1 atom stereocenters. The highest BCUT2D eigenvalue weighted by molar-refractivity contribution is 5.76. The highest BCUT2D eigenvalue weighted by Crippen LogP contribution is 2.21. The van der Waals surface area contributed by atoms with E-state index in [2.05, 4.69) is 10.1 Å². The first-order valence-corrected chi connectivity index (χ1v) is 6.88. The van der Waals surface area contributed by atoms with Crippen LogP contribution in [0.4, 0.5) is 8.78 Å². The number of nitrogens with zero attached hydrogens (tertiary/aromatic N) is 4. The van der Waals surface area contributed by atoms with Gasteiger partial charge in [-0.05, 0) is 38.5 Å². The van der Waals surface area contributed by atoms with E-state index in [0.29, 0.717) is 17.2 Å². The van der Waals surface area contributed by atoms with Crippen LogP contribution < -0.4 is 0 Å². The molecule has 1 aromatic heterocycles. The van der Waals surface area contributed by atoms with Gasteiger partial charge in [0.1, 0.15) is 18.2 Å². The Labute approximate surface area is 127 Å². The van der Waals surface area contributed by atoms with Crippen LogP contribution in [-0.2, 0) is 11.3 Å². The Hall–Kier alpha value is -2.31. The SMILES string of the molecule is Cc1nc(C)n(CC(=O)N(C)C(C)c2ccc(F)c(F)c2)n1. The average molecular weight is 308 g/mol. The van der Waals surface area contributed by atoms with E-state index < -0.39 is 11.6 Å². The van der Waals surface area contributed by atoms with Gasteiger partial charge < -0.3 is 4.90 Å². The summed E-state index contributed by atoms with van der Waals surface area (Å²) in [5.74, 6) is -0.766. The molecule has 0 aliphatic heterocycles. The molecule has 118 valence electrons. The van der Waals surface area contributed by atoms with Crippen molar-refractivity contribution in [3.05, 3.63) is 47.0 Å². The Bertz CT molecular complexity index is 699. The number of hydrogen-bond acceptors (Lipinski definition) is 3. The van der Waals surface area contributed by atoms with Crippen LogP contribution >= 0.6 is 0 Å². The van der Waals surface area contributed by atoms with Gasteiger partial charge >= 0.3 is 0 Å². The van der Waals surface area contributed by atoms with Crippen molar-refractivity contribution < 1.29 is 13.6 Å². The van der Waals surface area contributed by atoms with Crippen LogP contribution in [0.25, 0.3) is 0 Å². The molecule has 0 radical (unpaired) electrons. The highest BCUT2D eigenvalue weighted by Gasteiger charge is 2.20. The second-order valence-electron chi connectivity index (χ2n) is 5.22. The molecule has 0 N–H and O–H groups in total. The Morgan fingerprint density at radius 3 is 2.55 bits per heavy atom. The zero-order valence-electron chi connectivity index (χ0n) is 13.0. The molecule has 0 saturated carbocycles. The van der Waals surface area contributed by atoms with Crippen molar-refractivity contribution in [2.45, 2.75) is 33.4 Å². The molecule has 1 heterocycles. The molecular formula is C15H18F2N4O. The van der Waals surface area contributed by atoms with Crippen molar-refractivity contribution in [1.29, 1.82) is 0 Å². The van der Waals surface area contributed by atoms with Crippen molar-refractivity contribution in [3.63, 3.8) is 0 Å². The number of halogens is 2. The quantitative estimate of drug-likeness (QED) is 0.871. The van der Waals surface area contributed by atoms with Crippen molar-refractivity contribution in [2.24, 2.45) is 0 Å². The number of aryl methyl sites for hydroxylation is 2. The number of carbonyl (C=O) groups is 1. The van der Waals surface area contributed by atoms with Crippen LogP contribution in [-0.4, -0.2) is 32.6 Å². The molecule has 0 aliphatic rings. The summed E-state index contributed by atoms with van der Waals surface area (Å²) in [6.45, 7) is 5.33. The predicted molar refractivity (Wildman–Crippen MR) is 77.0 cm³/mol. The van der Waals surface area contributed by atoms with Gasteiger partial charge in [-0.1, -0.05) is 6.07 Å². The molecule has 0 bridgehead atoms. The maximum absolute atomic E-state index is 13.3. The number of likely N-dealkylation sites (N-methyl/N-ethyl adjacent to an activating group) is 1. The van der Waals surface area contributed by atoms with E-state index in [4.69, 9.17) is 0 Å². The third-order valence-corrected chi connectivity index (χ3v) is 3.65. The van der Waals surface area contributed by atoms with Gasteiger partial charge in [-0.25, -0.2) is 18.4 Å².